The number of hydrogen-bond acceptors (Lipinski definition) is 1. The quantitative estimate of drug-likeness (QED) is 0.235. The van der Waals surface area contributed by atoms with Crippen molar-refractivity contribution in [2.45, 2.75) is 0 Å². The molecule has 0 unspecified atom stereocenters. The molecule has 0 N–H and O–H groups in total. The Kier molecular flexibility index (Phi) is 4.13. The van der Waals surface area contributed by atoms with Crippen molar-refractivity contribution in [1.82, 2.24) is 0 Å². The molecule has 3 heteroatoms. The van der Waals surface area contributed by atoms with Crippen molar-refractivity contribution in [3.05, 3.63) is 0 Å². The second-order valence-corrected chi connectivity index (χ2v) is 0.984. The summed E-state index contributed by atoms with van der Waals surface area (Å²) in [6, 6.07) is 0. The van der Waals surface area contributed by atoms with Crippen LogP contribution in [-0.4, -0.2) is 12.2 Å². The zero-order chi connectivity index (χ0) is 3.41. The molecule has 0 saturated carbocycles. The summed E-state index contributed by atoms with van der Waals surface area (Å²) in [7, 11) is 4.65. The van der Waals surface area contributed by atoms with Crippen molar-refractivity contribution in [2.75, 3.05) is 4.55 Å². The molecule has 0 atom stereocenters. The molecule has 0 spiro atoms. The third-order valence-corrected chi connectivity index (χ3v) is 0.463. The molecule has 0 bridgehead atoms. The molecule has 0 fully saturated rings. The molecule has 21 valence electrons. The van der Waals surface area contributed by atoms with Crippen molar-refractivity contribution in [1.29, 1.82) is 0 Å². The molecule has 1 radical (unpaired) electrons. The molecule has 0 aliphatic heterocycles. The summed E-state index contributed by atoms with van der Waals surface area (Å²) in [5, 5.41) is 0. The fourth-order valence-corrected chi connectivity index (χ4v) is 0. The molecule has 1 nitrogen and oxygen atoms in total. The van der Waals surface area contributed by atoms with Gasteiger partial charge in [-0.3, -0.25) is 0 Å². The van der Waals surface area contributed by atoms with Crippen LogP contribution in [0.5, 0.6) is 0 Å². The van der Waals surface area contributed by atoms with Crippen LogP contribution in [0, 0.1) is 0 Å². The van der Waals surface area contributed by atoms with E-state index in [-0.39, 0.29) is 0 Å². The topological polar surface area (TPSA) is 12.4 Å². The maximum absolute atomic E-state index is 4.65. The zero-order valence-electron chi connectivity index (χ0n) is 2.11. The van der Waals surface area contributed by atoms with Crippen molar-refractivity contribution in [3.8, 4) is 0 Å². The fourth-order valence-electron chi connectivity index (χ4n) is 0. The van der Waals surface area contributed by atoms with Gasteiger partial charge >= 0.3 is 39.7 Å². The van der Waals surface area contributed by atoms with Crippen LogP contribution in [0.25, 0.3) is 0 Å². The van der Waals surface area contributed by atoms with Crippen LogP contribution in [0.2, 0.25) is 0 Å². The molecule has 0 aromatic heterocycles. The van der Waals surface area contributed by atoms with Gasteiger partial charge in [-0.15, -0.1) is 0 Å². The Hall–Kier alpha value is 0.595. The average Bonchev–Trinajstić information content (AvgIpc) is 1.37. The molecule has 0 heterocycles. The van der Waals surface area contributed by atoms with Gasteiger partial charge in [0.25, 0.3) is 0 Å². The molecule has 0 amide bonds. The van der Waals surface area contributed by atoms with Crippen molar-refractivity contribution in [2.24, 2.45) is 4.90 Å². The van der Waals surface area contributed by atoms with Gasteiger partial charge in [0, 0.05) is 0 Å². The molecule has 0 aromatic rings. The Labute approximate surface area is 40.1 Å². The summed E-state index contributed by atoms with van der Waals surface area (Å²) < 4.78 is 0.692. The van der Waals surface area contributed by atoms with Crippen LogP contribution in [-0.2, 0) is 0 Å². The van der Waals surface area contributed by atoms with Gasteiger partial charge in [-0.05, 0) is 0 Å². The van der Waals surface area contributed by atoms with E-state index in [1.54, 1.807) is 0 Å². The van der Waals surface area contributed by atoms with Gasteiger partial charge in [0.2, 0.25) is 0 Å². The van der Waals surface area contributed by atoms with E-state index >= 15 is 0 Å². The van der Waals surface area contributed by atoms with E-state index in [0.717, 1.165) is 0 Å². The van der Waals surface area contributed by atoms with E-state index in [2.05, 4.69) is 35.1 Å². The van der Waals surface area contributed by atoms with Crippen molar-refractivity contribution in [3.63, 3.8) is 0 Å². The van der Waals surface area contributed by atoms with Crippen LogP contribution in [0.3, 0.4) is 0 Å². The first-order valence-corrected chi connectivity index (χ1v) is 2.37. The fraction of sp³-hybridized carbons (Fsp3) is 1.00. The van der Waals surface area contributed by atoms with Gasteiger partial charge < -0.3 is 0 Å². The standard InChI is InChI=1S/CH2BIN/c2-4-1-3/h1H2. The van der Waals surface area contributed by atoms with Gasteiger partial charge in [0.15, 0.2) is 0 Å². The third-order valence-electron chi connectivity index (χ3n) is 0.0690. The molecule has 0 rings (SSSR count). The van der Waals surface area contributed by atoms with Gasteiger partial charge in [0.05, 0.1) is 0 Å². The summed E-state index contributed by atoms with van der Waals surface area (Å²) in [5.41, 5.74) is 0. The van der Waals surface area contributed by atoms with Gasteiger partial charge in [0.1, 0.15) is 0 Å². The summed E-state index contributed by atoms with van der Waals surface area (Å²) in [5.74, 6) is 0. The molecule has 0 aliphatic rings. The Balaban J connectivity index is 2.30. The molecule has 4 heavy (non-hydrogen) atoms. The SMILES string of the molecule is [B]=NCI. The van der Waals surface area contributed by atoms with E-state index in [1.165, 1.54) is 0 Å². The normalized spacial score (nSPS) is 6.00. The van der Waals surface area contributed by atoms with Crippen molar-refractivity contribution >= 4 is 30.2 Å². The van der Waals surface area contributed by atoms with Gasteiger partial charge in [-0.2, -0.15) is 0 Å². The van der Waals surface area contributed by atoms with Gasteiger partial charge in [-0.25, -0.2) is 0 Å². The zero-order valence-corrected chi connectivity index (χ0v) is 4.27. The molecular formula is CH2BIN. The molecule has 0 saturated heterocycles. The Morgan fingerprint density at radius 3 is 2.25 bits per heavy atom. The van der Waals surface area contributed by atoms with E-state index in [0.29, 0.717) is 4.55 Å². The van der Waals surface area contributed by atoms with Crippen LogP contribution >= 0.6 is 22.6 Å². The first-order valence-electron chi connectivity index (χ1n) is 0.842. The van der Waals surface area contributed by atoms with E-state index in [9.17, 15) is 0 Å². The monoisotopic (exact) mass is 166 g/mol. The summed E-state index contributed by atoms with van der Waals surface area (Å²) in [6.45, 7) is 0. The van der Waals surface area contributed by atoms with E-state index in [1.807, 2.05) is 0 Å². The predicted molar refractivity (Wildman–Crippen MR) is 27.1 cm³/mol. The number of nitrogens with zero attached hydrogens (tertiary/aromatic N) is 1. The Bertz CT molecular complexity index is 22.0. The minimum absolute atomic E-state index is 0.692. The maximum atomic E-state index is 4.65. The van der Waals surface area contributed by atoms with Crippen molar-refractivity contribution < 1.29 is 0 Å². The second-order valence-electron chi connectivity index (χ2n) is 0.302. The molecule has 0 aromatic carbocycles. The number of halogens is 1. The van der Waals surface area contributed by atoms with E-state index < -0.39 is 0 Å². The van der Waals surface area contributed by atoms with Crippen LogP contribution in [0.1, 0.15) is 0 Å². The van der Waals surface area contributed by atoms with Crippen LogP contribution in [0.4, 0.5) is 0 Å². The first kappa shape index (κ1) is 4.59. The summed E-state index contributed by atoms with van der Waals surface area (Å²) >= 11 is 2.06. The number of rotatable bonds is 1. The minimum atomic E-state index is 0.692. The number of alkyl halides is 1. The van der Waals surface area contributed by atoms with E-state index in [4.69, 9.17) is 0 Å². The average molecular weight is 166 g/mol. The molecular weight excluding hydrogens is 164 g/mol. The third kappa shape index (κ3) is 2.59. The van der Waals surface area contributed by atoms with Crippen LogP contribution < -0.4 is 0 Å². The Morgan fingerprint density at radius 1 is 2.00 bits per heavy atom. The summed E-state index contributed by atoms with van der Waals surface area (Å²) in [4.78, 5) is 3.22. The number of hydrogen-bond donors (Lipinski definition) is 0. The first-order chi connectivity index (χ1) is 1.91. The molecule has 0 aliphatic carbocycles. The Morgan fingerprint density at radius 2 is 2.25 bits per heavy atom. The summed E-state index contributed by atoms with van der Waals surface area (Å²) in [6.07, 6.45) is 0. The van der Waals surface area contributed by atoms with Crippen LogP contribution in [0.15, 0.2) is 4.90 Å². The predicted octanol–water partition coefficient (Wildman–Crippen LogP) is 0.731. The van der Waals surface area contributed by atoms with Gasteiger partial charge in [-0.1, -0.05) is 0 Å². The second kappa shape index (κ2) is 3.59.